The highest BCUT2D eigenvalue weighted by molar-refractivity contribution is 7.51. The average Bonchev–Trinajstić information content (AvgIpc) is 1.86. The summed E-state index contributed by atoms with van der Waals surface area (Å²) in [6, 6.07) is 0. The summed E-state index contributed by atoms with van der Waals surface area (Å²) in [7, 11) is -0.888. The van der Waals surface area contributed by atoms with Crippen LogP contribution >= 0.6 is 7.52 Å². The first kappa shape index (κ1) is 11.8. The molecule has 4 nitrogen and oxygen atoms in total. The quantitative estimate of drug-likeness (QED) is 0.602. The summed E-state index contributed by atoms with van der Waals surface area (Å²) in [6.07, 6.45) is 0. The lowest BCUT2D eigenvalue weighted by Gasteiger charge is -2.40. The highest BCUT2D eigenvalue weighted by Crippen LogP contribution is 2.49. The second-order valence-electron chi connectivity index (χ2n) is 3.57. The van der Waals surface area contributed by atoms with E-state index in [-0.39, 0.29) is 5.91 Å². The molecule has 5 heteroatoms. The van der Waals surface area contributed by atoms with Crippen molar-refractivity contribution >= 4 is 13.4 Å². The monoisotopic (exact) mass is 193 g/mol. The van der Waals surface area contributed by atoms with Crippen molar-refractivity contribution < 1.29 is 18.5 Å². The molecule has 0 saturated carbocycles. The molecule has 0 aromatic heterocycles. The maximum Gasteiger partial charge on any atom is 0.312 e. The minimum Gasteiger partial charge on any atom is -0.753 e. The van der Waals surface area contributed by atoms with Crippen molar-refractivity contribution in [3.05, 3.63) is 0 Å². The molecule has 0 heterocycles. The molecule has 1 atom stereocenters. The van der Waals surface area contributed by atoms with E-state index in [0.717, 1.165) is 0 Å². The third-order valence-corrected chi connectivity index (χ3v) is 5.10. The molecule has 0 aromatic carbocycles. The van der Waals surface area contributed by atoms with Crippen molar-refractivity contribution in [1.29, 1.82) is 0 Å². The van der Waals surface area contributed by atoms with Crippen molar-refractivity contribution in [3.8, 4) is 0 Å². The lowest BCUT2D eigenvalue weighted by atomic mass is 10.6. The Morgan fingerprint density at radius 1 is 1.42 bits per heavy atom. The first-order valence-electron chi connectivity index (χ1n) is 3.80. The Labute approximate surface area is 73.3 Å². The third-order valence-electron chi connectivity index (χ3n) is 2.12. The van der Waals surface area contributed by atoms with Crippen LogP contribution in [0.1, 0.15) is 20.8 Å². The molecule has 0 aliphatic heterocycles. The zero-order valence-electron chi connectivity index (χ0n) is 8.20. The standard InChI is InChI=1S/C7H16NO3P/c1-6(2)12(10,11)8(4,5)7(3)9/h6H,1-5H3. The Morgan fingerprint density at radius 2 is 1.75 bits per heavy atom. The van der Waals surface area contributed by atoms with Gasteiger partial charge in [-0.05, 0) is 0 Å². The van der Waals surface area contributed by atoms with Gasteiger partial charge in [0.05, 0.1) is 21.0 Å². The van der Waals surface area contributed by atoms with Gasteiger partial charge in [0.25, 0.3) is 0 Å². The average molecular weight is 193 g/mol. The highest BCUT2D eigenvalue weighted by atomic mass is 31.2. The van der Waals surface area contributed by atoms with Crippen LogP contribution in [0.3, 0.4) is 0 Å². The van der Waals surface area contributed by atoms with Crippen molar-refractivity contribution in [2.24, 2.45) is 0 Å². The predicted molar refractivity (Wildman–Crippen MR) is 45.5 cm³/mol. The summed E-state index contributed by atoms with van der Waals surface area (Å²) in [4.78, 5) is 22.6. The molecule has 12 heavy (non-hydrogen) atoms. The van der Waals surface area contributed by atoms with E-state index < -0.39 is 17.4 Å². The van der Waals surface area contributed by atoms with Gasteiger partial charge < -0.3 is 4.89 Å². The van der Waals surface area contributed by atoms with Crippen LogP contribution in [0.15, 0.2) is 0 Å². The van der Waals surface area contributed by atoms with E-state index in [2.05, 4.69) is 0 Å². The summed E-state index contributed by atoms with van der Waals surface area (Å²) in [5.41, 5.74) is -0.503. The van der Waals surface area contributed by atoms with Gasteiger partial charge in [-0.25, -0.2) is 9.05 Å². The van der Waals surface area contributed by atoms with E-state index >= 15 is 0 Å². The van der Waals surface area contributed by atoms with Gasteiger partial charge in [0.1, 0.15) is 0 Å². The third kappa shape index (κ3) is 1.76. The highest BCUT2D eigenvalue weighted by Gasteiger charge is 2.37. The smallest absolute Gasteiger partial charge is 0.312 e. The van der Waals surface area contributed by atoms with Gasteiger partial charge in [-0.15, -0.1) is 0 Å². The maximum absolute atomic E-state index is 11.6. The van der Waals surface area contributed by atoms with Crippen molar-refractivity contribution in [1.82, 2.24) is 0 Å². The lowest BCUT2D eigenvalue weighted by molar-refractivity contribution is -0.710. The van der Waals surface area contributed by atoms with Crippen molar-refractivity contribution in [3.63, 3.8) is 0 Å². The Balaban J connectivity index is 5.03. The minimum absolute atomic E-state index is 0.359. The first-order valence-corrected chi connectivity index (χ1v) is 5.45. The van der Waals surface area contributed by atoms with E-state index in [1.165, 1.54) is 21.0 Å². The van der Waals surface area contributed by atoms with Crippen LogP contribution in [-0.2, 0) is 9.36 Å². The van der Waals surface area contributed by atoms with Crippen LogP contribution in [0.2, 0.25) is 0 Å². The van der Waals surface area contributed by atoms with E-state index in [0.29, 0.717) is 0 Å². The Hall–Kier alpha value is -0.180. The fraction of sp³-hybridized carbons (Fsp3) is 0.857. The Bertz CT molecular complexity index is 235. The summed E-state index contributed by atoms with van der Waals surface area (Å²) in [6.45, 7) is 4.44. The van der Waals surface area contributed by atoms with Gasteiger partial charge in [-0.2, -0.15) is 0 Å². The molecule has 0 saturated heterocycles. The summed E-state index contributed by atoms with van der Waals surface area (Å²) >= 11 is 0. The van der Waals surface area contributed by atoms with Crippen LogP contribution < -0.4 is 4.89 Å². The molecule has 0 rings (SSSR count). The topological polar surface area (TPSA) is 57.2 Å². The molecule has 0 N–H and O–H groups in total. The second kappa shape index (κ2) is 3.29. The number of amides is 1. The molecule has 72 valence electrons. The van der Waals surface area contributed by atoms with Crippen LogP contribution in [0, 0.1) is 0 Å². The molecule has 0 spiro atoms. The number of rotatable bonds is 2. The maximum atomic E-state index is 11.6. The Kier molecular flexibility index (Phi) is 3.24. The normalized spacial score (nSPS) is 17.6. The summed E-state index contributed by atoms with van der Waals surface area (Å²) in [5.74, 6) is -0.359. The molecule has 0 aliphatic carbocycles. The number of carbonyl (C=O) groups is 1. The van der Waals surface area contributed by atoms with E-state index in [9.17, 15) is 14.3 Å². The molecule has 0 aliphatic rings. The summed E-state index contributed by atoms with van der Waals surface area (Å²) < 4.78 is 11.0. The number of nitrogens with zero attached hydrogens (tertiary/aromatic N) is 1. The molecule has 0 aromatic rings. The van der Waals surface area contributed by atoms with Crippen LogP contribution in [0.5, 0.6) is 0 Å². The van der Waals surface area contributed by atoms with Gasteiger partial charge in [0.2, 0.25) is 0 Å². The molecular weight excluding hydrogens is 177 g/mol. The van der Waals surface area contributed by atoms with Gasteiger partial charge >= 0.3 is 5.91 Å². The molecule has 0 fully saturated rings. The molecule has 1 unspecified atom stereocenters. The van der Waals surface area contributed by atoms with E-state index in [1.807, 2.05) is 0 Å². The fourth-order valence-electron chi connectivity index (χ4n) is 0.774. The number of carbonyl (C=O) groups excluding carboxylic acids is 1. The molecule has 0 radical (unpaired) electrons. The van der Waals surface area contributed by atoms with Gasteiger partial charge in [-0.1, -0.05) is 13.8 Å². The van der Waals surface area contributed by atoms with E-state index in [4.69, 9.17) is 0 Å². The number of hydrogen-bond donors (Lipinski definition) is 0. The van der Waals surface area contributed by atoms with Gasteiger partial charge in [-0.3, -0.25) is 4.57 Å². The zero-order chi connectivity index (χ0) is 10.2. The van der Waals surface area contributed by atoms with Crippen molar-refractivity contribution in [2.75, 3.05) is 14.1 Å². The van der Waals surface area contributed by atoms with Crippen LogP contribution in [0.25, 0.3) is 0 Å². The predicted octanol–water partition coefficient (Wildman–Crippen LogP) is 0.571. The molecular formula is C7H16NO3P. The van der Waals surface area contributed by atoms with Crippen LogP contribution in [0.4, 0.5) is 0 Å². The SMILES string of the molecule is CC(=O)[N+](C)(C)P(=O)([O-])C(C)C. The first-order chi connectivity index (χ1) is 5.14. The van der Waals surface area contributed by atoms with Crippen LogP contribution in [-0.4, -0.2) is 29.9 Å². The lowest BCUT2D eigenvalue weighted by Crippen LogP contribution is -2.46. The number of hydrogen-bond acceptors (Lipinski definition) is 3. The molecule has 0 bridgehead atoms. The van der Waals surface area contributed by atoms with Gasteiger partial charge in [0, 0.05) is 5.66 Å². The number of quaternary nitrogens is 1. The summed E-state index contributed by atoms with van der Waals surface area (Å²) in [5, 5.41) is 0. The van der Waals surface area contributed by atoms with Gasteiger partial charge in [0.15, 0.2) is 7.52 Å². The zero-order valence-corrected chi connectivity index (χ0v) is 9.09. The minimum atomic E-state index is -3.69. The largest absolute Gasteiger partial charge is 0.753 e. The van der Waals surface area contributed by atoms with Crippen molar-refractivity contribution in [2.45, 2.75) is 26.4 Å². The second-order valence-corrected chi connectivity index (χ2v) is 6.73. The Morgan fingerprint density at radius 3 is 1.83 bits per heavy atom. The van der Waals surface area contributed by atoms with E-state index in [1.54, 1.807) is 13.8 Å². The fourth-order valence-corrected chi connectivity index (χ4v) is 2.32. The molecule has 1 amide bonds.